The molecule has 1 aliphatic carbocycles. The molecule has 5 nitrogen and oxygen atoms in total. The molecule has 3 aromatic rings. The fourth-order valence-electron chi connectivity index (χ4n) is 3.79. The molecule has 4 rings (SSSR count). The molecule has 0 fully saturated rings. The Kier molecular flexibility index (Phi) is 7.48. The fourth-order valence-corrected chi connectivity index (χ4v) is 5.60. The Bertz CT molecular complexity index is 1230. The molecule has 1 amide bonds. The number of aryl methyl sites for hydroxylation is 1. The van der Waals surface area contributed by atoms with Crippen molar-refractivity contribution in [3.05, 3.63) is 68.5 Å². The van der Waals surface area contributed by atoms with Crippen LogP contribution in [0.1, 0.15) is 39.2 Å². The molecule has 1 aromatic heterocycles. The third-order valence-electron chi connectivity index (χ3n) is 5.29. The van der Waals surface area contributed by atoms with Gasteiger partial charge in [-0.05, 0) is 77.0 Å². The van der Waals surface area contributed by atoms with Gasteiger partial charge in [-0.2, -0.15) is 0 Å². The lowest BCUT2D eigenvalue weighted by atomic mass is 9.95. The van der Waals surface area contributed by atoms with Crippen LogP contribution < -0.4 is 14.8 Å². The van der Waals surface area contributed by atoms with Gasteiger partial charge in [0.2, 0.25) is 0 Å². The second kappa shape index (κ2) is 10.7. The van der Waals surface area contributed by atoms with E-state index in [0.29, 0.717) is 21.5 Å². The van der Waals surface area contributed by atoms with Crippen LogP contribution in [0, 0.1) is 12.3 Å². The lowest BCUT2D eigenvalue weighted by molar-refractivity contribution is 0.102. The summed E-state index contributed by atoms with van der Waals surface area (Å²) in [6.07, 6.45) is 11.2. The van der Waals surface area contributed by atoms with Crippen LogP contribution in [0.15, 0.2) is 51.9 Å². The number of thiophene rings is 1. The number of para-hydroxylation sites is 1. The van der Waals surface area contributed by atoms with Crippen molar-refractivity contribution < 1.29 is 14.3 Å². The van der Waals surface area contributed by atoms with Crippen molar-refractivity contribution in [2.75, 3.05) is 19.0 Å². The van der Waals surface area contributed by atoms with Gasteiger partial charge in [0.05, 0.1) is 17.1 Å². The van der Waals surface area contributed by atoms with E-state index in [2.05, 4.69) is 27.2 Å². The largest absolute Gasteiger partial charge is 0.493 e. The van der Waals surface area contributed by atoms with Crippen LogP contribution in [-0.2, 0) is 12.8 Å². The summed E-state index contributed by atoms with van der Waals surface area (Å²) >= 11 is 5.12. The van der Waals surface area contributed by atoms with Crippen molar-refractivity contribution in [1.29, 1.82) is 0 Å². The van der Waals surface area contributed by atoms with E-state index in [-0.39, 0.29) is 12.5 Å². The van der Waals surface area contributed by atoms with Gasteiger partial charge in [0, 0.05) is 16.8 Å². The molecule has 0 bridgehead atoms. The molecule has 33 heavy (non-hydrogen) atoms. The van der Waals surface area contributed by atoms with Crippen LogP contribution in [-0.4, -0.2) is 25.8 Å². The maximum absolute atomic E-state index is 13.2. The average Bonchev–Trinajstić information content (AvgIpc) is 3.21. The van der Waals surface area contributed by atoms with Gasteiger partial charge in [-0.1, -0.05) is 24.1 Å². The Labute approximate surface area is 206 Å². The van der Waals surface area contributed by atoms with Crippen molar-refractivity contribution in [3.63, 3.8) is 0 Å². The first-order valence-corrected chi connectivity index (χ1v) is 12.2. The zero-order chi connectivity index (χ0) is 23.2. The standard InChI is InChI=1S/C26H23BrN2O3S/c1-3-13-32-24-20(27)14-17(15-21(24)31-2)16-28-26-23(19-11-7-8-12-22(19)33-26)25(30)29-18-9-5-4-6-10-18/h1,4-6,9-10,14-16H,7-8,11-13H2,2H3,(H,29,30)/b28-16+. The van der Waals surface area contributed by atoms with Gasteiger partial charge in [-0.25, -0.2) is 4.99 Å². The number of nitrogens with one attached hydrogen (secondary N) is 1. The van der Waals surface area contributed by atoms with Crippen LogP contribution in [0.4, 0.5) is 10.7 Å². The molecule has 1 heterocycles. The number of carbonyl (C=O) groups is 1. The van der Waals surface area contributed by atoms with Crippen molar-refractivity contribution >= 4 is 50.1 Å². The molecule has 0 radical (unpaired) electrons. The summed E-state index contributed by atoms with van der Waals surface area (Å²) in [5.74, 6) is 3.42. The molecule has 7 heteroatoms. The highest BCUT2D eigenvalue weighted by molar-refractivity contribution is 9.10. The number of terminal acetylenes is 1. The van der Waals surface area contributed by atoms with Gasteiger partial charge in [0.15, 0.2) is 11.5 Å². The van der Waals surface area contributed by atoms with Gasteiger partial charge in [0.1, 0.15) is 11.6 Å². The number of halogens is 1. The molecular weight excluding hydrogens is 500 g/mol. The Morgan fingerprint density at radius 3 is 2.82 bits per heavy atom. The molecule has 0 atom stereocenters. The zero-order valence-electron chi connectivity index (χ0n) is 18.2. The number of nitrogens with zero attached hydrogens (tertiary/aromatic N) is 1. The predicted molar refractivity (Wildman–Crippen MR) is 138 cm³/mol. The molecule has 168 valence electrons. The highest BCUT2D eigenvalue weighted by Crippen LogP contribution is 2.41. The van der Waals surface area contributed by atoms with Crippen LogP contribution in [0.2, 0.25) is 0 Å². The Balaban J connectivity index is 1.67. The first-order valence-electron chi connectivity index (χ1n) is 10.6. The minimum Gasteiger partial charge on any atom is -0.493 e. The zero-order valence-corrected chi connectivity index (χ0v) is 20.6. The summed E-state index contributed by atoms with van der Waals surface area (Å²) in [6.45, 7) is 0.142. The van der Waals surface area contributed by atoms with Crippen molar-refractivity contribution in [1.82, 2.24) is 0 Å². The lowest BCUT2D eigenvalue weighted by Crippen LogP contribution is -2.14. The van der Waals surface area contributed by atoms with Crippen molar-refractivity contribution in [3.8, 4) is 23.8 Å². The summed E-state index contributed by atoms with van der Waals surface area (Å²) in [5, 5.41) is 3.74. The Morgan fingerprint density at radius 1 is 1.27 bits per heavy atom. The highest BCUT2D eigenvalue weighted by Gasteiger charge is 2.25. The second-order valence-electron chi connectivity index (χ2n) is 7.50. The van der Waals surface area contributed by atoms with Crippen molar-refractivity contribution in [2.24, 2.45) is 4.99 Å². The maximum Gasteiger partial charge on any atom is 0.259 e. The Hall–Kier alpha value is -3.08. The highest BCUT2D eigenvalue weighted by atomic mass is 79.9. The number of fused-ring (bicyclic) bond motifs is 1. The van der Waals surface area contributed by atoms with Crippen LogP contribution in [0.5, 0.6) is 11.5 Å². The van der Waals surface area contributed by atoms with E-state index in [1.165, 1.54) is 4.88 Å². The van der Waals surface area contributed by atoms with E-state index in [9.17, 15) is 4.79 Å². The van der Waals surface area contributed by atoms with Crippen LogP contribution in [0.25, 0.3) is 0 Å². The van der Waals surface area contributed by atoms with Crippen LogP contribution in [0.3, 0.4) is 0 Å². The number of amides is 1. The molecule has 0 aliphatic heterocycles. The number of ether oxygens (including phenoxy) is 2. The summed E-state index contributed by atoms with van der Waals surface area (Å²) in [5.41, 5.74) is 3.38. The number of carbonyl (C=O) groups excluding carboxylic acids is 1. The second-order valence-corrected chi connectivity index (χ2v) is 9.43. The molecule has 1 N–H and O–H groups in total. The van der Waals surface area contributed by atoms with E-state index in [4.69, 9.17) is 20.9 Å². The van der Waals surface area contributed by atoms with Crippen LogP contribution >= 0.6 is 27.3 Å². The number of hydrogen-bond acceptors (Lipinski definition) is 5. The molecule has 0 unspecified atom stereocenters. The molecule has 0 spiro atoms. The van der Waals surface area contributed by atoms with Gasteiger partial charge in [-0.3, -0.25) is 4.79 Å². The number of anilines is 1. The number of rotatable bonds is 7. The van der Waals surface area contributed by atoms with Gasteiger partial charge in [-0.15, -0.1) is 17.8 Å². The number of hydrogen-bond donors (Lipinski definition) is 1. The lowest BCUT2D eigenvalue weighted by Gasteiger charge is -2.13. The molecule has 2 aromatic carbocycles. The van der Waals surface area contributed by atoms with E-state index in [1.54, 1.807) is 24.7 Å². The molecular formula is C26H23BrN2O3S. The normalized spacial score (nSPS) is 12.8. The van der Waals surface area contributed by atoms with E-state index < -0.39 is 0 Å². The monoisotopic (exact) mass is 522 g/mol. The van der Waals surface area contributed by atoms with E-state index in [0.717, 1.165) is 47.5 Å². The smallest absolute Gasteiger partial charge is 0.259 e. The minimum atomic E-state index is -0.121. The Morgan fingerprint density at radius 2 is 2.06 bits per heavy atom. The molecule has 0 saturated carbocycles. The summed E-state index contributed by atoms with van der Waals surface area (Å²) in [4.78, 5) is 19.2. The third-order valence-corrected chi connectivity index (χ3v) is 7.08. The summed E-state index contributed by atoms with van der Waals surface area (Å²) in [7, 11) is 1.57. The fraction of sp³-hybridized carbons (Fsp3) is 0.231. The average molecular weight is 523 g/mol. The summed E-state index contributed by atoms with van der Waals surface area (Å²) in [6, 6.07) is 13.2. The summed E-state index contributed by atoms with van der Waals surface area (Å²) < 4.78 is 11.8. The van der Waals surface area contributed by atoms with Gasteiger partial charge in [0.25, 0.3) is 5.91 Å². The third kappa shape index (κ3) is 5.29. The minimum absolute atomic E-state index is 0.121. The topological polar surface area (TPSA) is 59.9 Å². The first kappa shape index (κ1) is 23.1. The maximum atomic E-state index is 13.2. The van der Waals surface area contributed by atoms with Gasteiger partial charge < -0.3 is 14.8 Å². The van der Waals surface area contributed by atoms with E-state index in [1.807, 2.05) is 42.5 Å². The van der Waals surface area contributed by atoms with E-state index >= 15 is 0 Å². The number of methoxy groups -OCH3 is 1. The molecule has 0 saturated heterocycles. The SMILES string of the molecule is C#CCOc1c(Br)cc(/C=N/c2sc3c(c2C(=O)Nc2ccccc2)CCCC3)cc1OC. The number of aliphatic imine (C=N–C) groups is 1. The predicted octanol–water partition coefficient (Wildman–Crippen LogP) is 6.41. The van der Waals surface area contributed by atoms with Crippen molar-refractivity contribution in [2.45, 2.75) is 25.7 Å². The quantitative estimate of drug-likeness (QED) is 0.288. The molecule has 1 aliphatic rings. The number of benzene rings is 2. The first-order chi connectivity index (χ1) is 16.1. The van der Waals surface area contributed by atoms with Gasteiger partial charge >= 0.3 is 0 Å².